The maximum Gasteiger partial charge on any atom is 0.293 e. The van der Waals surface area contributed by atoms with Gasteiger partial charge in [-0.25, -0.2) is 0 Å². The van der Waals surface area contributed by atoms with Crippen LogP contribution in [0.5, 0.6) is 0 Å². The zero-order chi connectivity index (χ0) is 9.68. The van der Waals surface area contributed by atoms with Crippen molar-refractivity contribution in [3.05, 3.63) is 35.4 Å². The van der Waals surface area contributed by atoms with Crippen LogP contribution in [0.2, 0.25) is 0 Å². The van der Waals surface area contributed by atoms with Gasteiger partial charge in [-0.05, 0) is 23.6 Å². The lowest BCUT2D eigenvalue weighted by molar-refractivity contribution is -0.112. The molecule has 66 valence electrons. The fraction of sp³-hybridized carbons (Fsp3) is 0.100. The van der Waals surface area contributed by atoms with Gasteiger partial charge in [0.1, 0.15) is 0 Å². The fourth-order valence-electron chi connectivity index (χ4n) is 0.866. The Labute approximate surface area is 81.7 Å². The van der Waals surface area contributed by atoms with Crippen LogP contribution < -0.4 is 5.73 Å². The highest BCUT2D eigenvalue weighted by atomic mass is 35.5. The maximum absolute atomic E-state index is 10.3. The van der Waals surface area contributed by atoms with E-state index in [9.17, 15) is 4.79 Å². The molecular formula is C10H8ClNO. The number of alkyl halides is 1. The van der Waals surface area contributed by atoms with Crippen LogP contribution in [0.3, 0.4) is 0 Å². The molecule has 1 amide bonds. The zero-order valence-corrected chi connectivity index (χ0v) is 7.64. The molecule has 0 unspecified atom stereocenters. The Morgan fingerprint density at radius 2 is 2.31 bits per heavy atom. The van der Waals surface area contributed by atoms with Crippen LogP contribution in [0.15, 0.2) is 24.3 Å². The van der Waals surface area contributed by atoms with Gasteiger partial charge >= 0.3 is 0 Å². The van der Waals surface area contributed by atoms with Gasteiger partial charge in [0.2, 0.25) is 0 Å². The topological polar surface area (TPSA) is 43.1 Å². The van der Waals surface area contributed by atoms with E-state index < -0.39 is 5.91 Å². The predicted molar refractivity (Wildman–Crippen MR) is 52.1 cm³/mol. The highest BCUT2D eigenvalue weighted by Gasteiger charge is 1.91. The number of carbonyl (C=O) groups is 1. The second kappa shape index (κ2) is 4.54. The number of halogens is 1. The molecule has 0 aliphatic carbocycles. The zero-order valence-electron chi connectivity index (χ0n) is 6.88. The number of hydrogen-bond acceptors (Lipinski definition) is 1. The van der Waals surface area contributed by atoms with Crippen LogP contribution >= 0.6 is 11.6 Å². The minimum atomic E-state index is -0.628. The van der Waals surface area contributed by atoms with E-state index in [2.05, 4.69) is 11.8 Å². The van der Waals surface area contributed by atoms with Crippen molar-refractivity contribution in [1.29, 1.82) is 0 Å². The smallest absolute Gasteiger partial charge is 0.293 e. The summed E-state index contributed by atoms with van der Waals surface area (Å²) in [6.45, 7) is 0. The molecular weight excluding hydrogens is 186 g/mol. The molecule has 0 radical (unpaired) electrons. The summed E-state index contributed by atoms with van der Waals surface area (Å²) >= 11 is 5.62. The lowest BCUT2D eigenvalue weighted by Gasteiger charge is -1.94. The van der Waals surface area contributed by atoms with Gasteiger partial charge in [0.15, 0.2) is 0 Å². The fourth-order valence-corrected chi connectivity index (χ4v) is 1.03. The molecule has 0 spiro atoms. The first-order valence-electron chi connectivity index (χ1n) is 3.68. The minimum absolute atomic E-state index is 0.437. The molecule has 0 saturated carbocycles. The van der Waals surface area contributed by atoms with Gasteiger partial charge in [0.25, 0.3) is 5.91 Å². The first kappa shape index (κ1) is 9.63. The third-order valence-electron chi connectivity index (χ3n) is 1.41. The van der Waals surface area contributed by atoms with Crippen molar-refractivity contribution in [2.24, 2.45) is 5.73 Å². The first-order valence-corrected chi connectivity index (χ1v) is 4.22. The molecule has 2 nitrogen and oxygen atoms in total. The minimum Gasteiger partial charge on any atom is -0.359 e. The second-order valence-electron chi connectivity index (χ2n) is 2.45. The molecule has 1 rings (SSSR count). The average molecular weight is 194 g/mol. The third kappa shape index (κ3) is 3.18. The summed E-state index contributed by atoms with van der Waals surface area (Å²) in [5, 5.41) is 0. The molecule has 0 aliphatic heterocycles. The van der Waals surface area contributed by atoms with Gasteiger partial charge in [-0.3, -0.25) is 4.79 Å². The molecule has 2 N–H and O–H groups in total. The quantitative estimate of drug-likeness (QED) is 0.530. The molecule has 0 aromatic heterocycles. The Bertz CT molecular complexity index is 376. The molecule has 0 bridgehead atoms. The van der Waals surface area contributed by atoms with Crippen molar-refractivity contribution in [3.8, 4) is 11.8 Å². The summed E-state index contributed by atoms with van der Waals surface area (Å²) in [5.41, 5.74) is 6.59. The van der Waals surface area contributed by atoms with Crippen LogP contribution in [0, 0.1) is 11.8 Å². The van der Waals surface area contributed by atoms with E-state index in [1.165, 1.54) is 0 Å². The number of amides is 1. The summed E-state index contributed by atoms with van der Waals surface area (Å²) in [5.74, 6) is 4.70. The number of carbonyl (C=O) groups excluding carboxylic acids is 1. The Balaban J connectivity index is 2.91. The monoisotopic (exact) mass is 193 g/mol. The van der Waals surface area contributed by atoms with E-state index >= 15 is 0 Å². The van der Waals surface area contributed by atoms with Gasteiger partial charge in [-0.15, -0.1) is 11.6 Å². The normalized spacial score (nSPS) is 8.69. The molecule has 0 fully saturated rings. The predicted octanol–water partition coefficient (Wildman–Crippen LogP) is 1.26. The standard InChI is InChI=1S/C10H8ClNO/c11-7-9-3-1-2-8(6-9)4-5-10(12)13/h1-3,6H,7H2,(H2,12,13). The first-order chi connectivity index (χ1) is 6.22. The van der Waals surface area contributed by atoms with Gasteiger partial charge in [-0.2, -0.15) is 0 Å². The van der Waals surface area contributed by atoms with Crippen LogP contribution in [0.4, 0.5) is 0 Å². The molecule has 0 heterocycles. The van der Waals surface area contributed by atoms with Crippen LogP contribution in [-0.4, -0.2) is 5.91 Å². The second-order valence-corrected chi connectivity index (χ2v) is 2.72. The molecule has 0 aliphatic rings. The number of benzene rings is 1. The van der Waals surface area contributed by atoms with E-state index in [0.717, 1.165) is 11.1 Å². The van der Waals surface area contributed by atoms with E-state index in [1.807, 2.05) is 18.2 Å². The SMILES string of the molecule is NC(=O)C#Cc1cccc(CCl)c1. The van der Waals surface area contributed by atoms with Crippen molar-refractivity contribution >= 4 is 17.5 Å². The molecule has 3 heteroatoms. The Hall–Kier alpha value is -1.46. The molecule has 13 heavy (non-hydrogen) atoms. The highest BCUT2D eigenvalue weighted by Crippen LogP contribution is 2.06. The van der Waals surface area contributed by atoms with E-state index in [4.69, 9.17) is 17.3 Å². The molecule has 1 aromatic rings. The van der Waals surface area contributed by atoms with Crippen LogP contribution in [0.25, 0.3) is 0 Å². The summed E-state index contributed by atoms with van der Waals surface area (Å²) in [4.78, 5) is 10.3. The van der Waals surface area contributed by atoms with Gasteiger partial charge in [0, 0.05) is 11.4 Å². The van der Waals surface area contributed by atoms with Crippen molar-refractivity contribution < 1.29 is 4.79 Å². The van der Waals surface area contributed by atoms with Crippen molar-refractivity contribution in [2.45, 2.75) is 5.88 Å². The Kier molecular flexibility index (Phi) is 3.36. The summed E-state index contributed by atoms with van der Waals surface area (Å²) < 4.78 is 0. The number of nitrogens with two attached hydrogens (primary N) is 1. The van der Waals surface area contributed by atoms with E-state index in [1.54, 1.807) is 6.07 Å². The molecule has 0 atom stereocenters. The summed E-state index contributed by atoms with van der Waals surface area (Å²) in [7, 11) is 0. The number of primary amides is 1. The van der Waals surface area contributed by atoms with Gasteiger partial charge in [0.05, 0.1) is 0 Å². The van der Waals surface area contributed by atoms with Gasteiger partial charge in [-0.1, -0.05) is 18.1 Å². The van der Waals surface area contributed by atoms with Crippen LogP contribution in [-0.2, 0) is 10.7 Å². The third-order valence-corrected chi connectivity index (χ3v) is 1.72. The van der Waals surface area contributed by atoms with Crippen LogP contribution in [0.1, 0.15) is 11.1 Å². The van der Waals surface area contributed by atoms with Crippen molar-refractivity contribution in [1.82, 2.24) is 0 Å². The Morgan fingerprint density at radius 1 is 1.54 bits per heavy atom. The molecule has 0 saturated heterocycles. The largest absolute Gasteiger partial charge is 0.359 e. The Morgan fingerprint density at radius 3 is 2.92 bits per heavy atom. The summed E-state index contributed by atoms with van der Waals surface area (Å²) in [6, 6.07) is 7.35. The van der Waals surface area contributed by atoms with E-state index in [-0.39, 0.29) is 0 Å². The van der Waals surface area contributed by atoms with Crippen molar-refractivity contribution in [3.63, 3.8) is 0 Å². The lowest BCUT2D eigenvalue weighted by Crippen LogP contribution is -2.06. The molecule has 1 aromatic carbocycles. The maximum atomic E-state index is 10.3. The average Bonchev–Trinajstić information content (AvgIpc) is 2.15. The number of hydrogen-bond donors (Lipinski definition) is 1. The lowest BCUT2D eigenvalue weighted by atomic mass is 10.1. The van der Waals surface area contributed by atoms with Gasteiger partial charge < -0.3 is 5.73 Å². The number of rotatable bonds is 1. The summed E-state index contributed by atoms with van der Waals surface area (Å²) in [6.07, 6.45) is 0. The van der Waals surface area contributed by atoms with Crippen molar-refractivity contribution in [2.75, 3.05) is 0 Å². The highest BCUT2D eigenvalue weighted by molar-refractivity contribution is 6.17. The van der Waals surface area contributed by atoms with E-state index in [0.29, 0.717) is 5.88 Å².